The third-order valence-corrected chi connectivity index (χ3v) is 3.87. The van der Waals surface area contributed by atoms with Gasteiger partial charge in [-0.2, -0.15) is 5.10 Å². The third kappa shape index (κ3) is 3.28. The molecule has 0 radical (unpaired) electrons. The van der Waals surface area contributed by atoms with Crippen LogP contribution in [0.2, 0.25) is 0 Å². The minimum atomic E-state index is 0.297. The summed E-state index contributed by atoms with van der Waals surface area (Å²) in [5.41, 5.74) is 5.27. The fourth-order valence-electron chi connectivity index (χ4n) is 2.65. The number of hydrogen-bond acceptors (Lipinski definition) is 2. The Kier molecular flexibility index (Phi) is 4.61. The molecule has 0 bridgehead atoms. The van der Waals surface area contributed by atoms with Crippen LogP contribution in [-0.4, -0.2) is 9.78 Å². The van der Waals surface area contributed by atoms with Crippen molar-refractivity contribution in [3.05, 3.63) is 52.8 Å². The van der Waals surface area contributed by atoms with Crippen molar-refractivity contribution in [2.45, 2.75) is 53.2 Å². The molecule has 2 aromatic rings. The van der Waals surface area contributed by atoms with E-state index in [0.29, 0.717) is 12.1 Å². The Morgan fingerprint density at radius 1 is 1.20 bits per heavy atom. The Morgan fingerprint density at radius 2 is 1.95 bits per heavy atom. The predicted molar refractivity (Wildman–Crippen MR) is 83.8 cm³/mol. The zero-order valence-corrected chi connectivity index (χ0v) is 13.1. The van der Waals surface area contributed by atoms with Crippen LogP contribution in [0.5, 0.6) is 0 Å². The molecule has 2 unspecified atom stereocenters. The molecule has 1 aromatic carbocycles. The van der Waals surface area contributed by atoms with Crippen molar-refractivity contribution >= 4 is 0 Å². The molecule has 20 heavy (non-hydrogen) atoms. The maximum absolute atomic E-state index is 4.34. The first-order chi connectivity index (χ1) is 9.51. The number of aromatic nitrogens is 2. The van der Waals surface area contributed by atoms with Crippen molar-refractivity contribution in [2.24, 2.45) is 0 Å². The molecule has 0 amide bonds. The van der Waals surface area contributed by atoms with E-state index in [9.17, 15) is 0 Å². The maximum Gasteiger partial charge on any atom is 0.0537 e. The summed E-state index contributed by atoms with van der Waals surface area (Å²) in [4.78, 5) is 0. The number of benzene rings is 1. The molecule has 0 fully saturated rings. The van der Waals surface area contributed by atoms with Gasteiger partial charge < -0.3 is 5.32 Å². The molecule has 3 nitrogen and oxygen atoms in total. The monoisotopic (exact) mass is 271 g/mol. The second kappa shape index (κ2) is 6.23. The van der Waals surface area contributed by atoms with Crippen molar-refractivity contribution in [1.29, 1.82) is 0 Å². The Balaban J connectivity index is 2.08. The Labute approximate surface area is 122 Å². The maximum atomic E-state index is 4.34. The van der Waals surface area contributed by atoms with E-state index < -0.39 is 0 Å². The molecule has 108 valence electrons. The van der Waals surface area contributed by atoms with Crippen molar-refractivity contribution < 1.29 is 0 Å². The van der Waals surface area contributed by atoms with Gasteiger partial charge in [0.25, 0.3) is 0 Å². The molecule has 0 saturated carbocycles. The van der Waals surface area contributed by atoms with E-state index in [2.05, 4.69) is 69.4 Å². The molecule has 1 aromatic heterocycles. The van der Waals surface area contributed by atoms with E-state index in [4.69, 9.17) is 0 Å². The molecule has 1 heterocycles. The average Bonchev–Trinajstić information content (AvgIpc) is 2.87. The number of aryl methyl sites for hydroxylation is 3. The van der Waals surface area contributed by atoms with Gasteiger partial charge in [-0.1, -0.05) is 23.8 Å². The zero-order chi connectivity index (χ0) is 14.7. The standard InChI is InChI=1S/C17H25N3/c1-6-20-11-16(10-18-20)14(4)19-15(5)17-8-7-12(2)9-13(17)3/h7-11,14-15,19H,6H2,1-5H3. The molecule has 0 aliphatic carbocycles. The van der Waals surface area contributed by atoms with Gasteiger partial charge in [-0.15, -0.1) is 0 Å². The lowest BCUT2D eigenvalue weighted by Gasteiger charge is -2.21. The van der Waals surface area contributed by atoms with Crippen molar-refractivity contribution in [3.63, 3.8) is 0 Å². The third-order valence-electron chi connectivity index (χ3n) is 3.87. The van der Waals surface area contributed by atoms with Crippen LogP contribution < -0.4 is 5.32 Å². The molecule has 0 aliphatic heterocycles. The van der Waals surface area contributed by atoms with Gasteiger partial charge >= 0.3 is 0 Å². The van der Waals surface area contributed by atoms with Gasteiger partial charge in [0.05, 0.1) is 6.20 Å². The summed E-state index contributed by atoms with van der Waals surface area (Å²) in [6, 6.07) is 7.28. The van der Waals surface area contributed by atoms with Crippen LogP contribution >= 0.6 is 0 Å². The van der Waals surface area contributed by atoms with E-state index in [-0.39, 0.29) is 0 Å². The van der Waals surface area contributed by atoms with Crippen molar-refractivity contribution in [2.75, 3.05) is 0 Å². The predicted octanol–water partition coefficient (Wildman–Crippen LogP) is 3.93. The highest BCUT2D eigenvalue weighted by atomic mass is 15.3. The van der Waals surface area contributed by atoms with Crippen LogP contribution in [0.15, 0.2) is 30.6 Å². The van der Waals surface area contributed by atoms with Gasteiger partial charge in [-0.25, -0.2) is 0 Å². The quantitative estimate of drug-likeness (QED) is 0.893. The minimum Gasteiger partial charge on any atom is -0.304 e. The molecule has 0 saturated heterocycles. The smallest absolute Gasteiger partial charge is 0.0537 e. The van der Waals surface area contributed by atoms with Crippen molar-refractivity contribution in [1.82, 2.24) is 15.1 Å². The lowest BCUT2D eigenvalue weighted by atomic mass is 9.99. The van der Waals surface area contributed by atoms with Gasteiger partial charge in [0.1, 0.15) is 0 Å². The summed E-state index contributed by atoms with van der Waals surface area (Å²) in [6.45, 7) is 11.7. The molecular formula is C17H25N3. The van der Waals surface area contributed by atoms with E-state index in [1.165, 1.54) is 22.3 Å². The summed E-state index contributed by atoms with van der Waals surface area (Å²) in [5, 5.41) is 8.00. The first kappa shape index (κ1) is 14.8. The highest BCUT2D eigenvalue weighted by Crippen LogP contribution is 2.22. The summed E-state index contributed by atoms with van der Waals surface area (Å²) in [7, 11) is 0. The number of rotatable bonds is 5. The van der Waals surface area contributed by atoms with Crippen LogP contribution in [0.25, 0.3) is 0 Å². The van der Waals surface area contributed by atoms with Crippen molar-refractivity contribution in [3.8, 4) is 0 Å². The second-order valence-electron chi connectivity index (χ2n) is 5.60. The van der Waals surface area contributed by atoms with Crippen LogP contribution in [0.1, 0.15) is 55.1 Å². The number of nitrogens with one attached hydrogen (secondary N) is 1. The minimum absolute atomic E-state index is 0.297. The topological polar surface area (TPSA) is 29.9 Å². The van der Waals surface area contributed by atoms with E-state index in [1.54, 1.807) is 0 Å². The van der Waals surface area contributed by atoms with E-state index in [0.717, 1.165) is 6.54 Å². The highest BCUT2D eigenvalue weighted by Gasteiger charge is 2.14. The molecule has 0 spiro atoms. The van der Waals surface area contributed by atoms with Crippen LogP contribution in [0, 0.1) is 13.8 Å². The summed E-state index contributed by atoms with van der Waals surface area (Å²) >= 11 is 0. The lowest BCUT2D eigenvalue weighted by Crippen LogP contribution is -2.22. The largest absolute Gasteiger partial charge is 0.304 e. The first-order valence-corrected chi connectivity index (χ1v) is 7.36. The summed E-state index contributed by atoms with van der Waals surface area (Å²) < 4.78 is 1.97. The fourth-order valence-corrected chi connectivity index (χ4v) is 2.65. The van der Waals surface area contributed by atoms with Gasteiger partial charge in [0.2, 0.25) is 0 Å². The number of nitrogens with zero attached hydrogens (tertiary/aromatic N) is 2. The highest BCUT2D eigenvalue weighted by molar-refractivity contribution is 5.32. The van der Waals surface area contributed by atoms with Crippen LogP contribution in [-0.2, 0) is 6.54 Å². The van der Waals surface area contributed by atoms with Gasteiger partial charge in [-0.3, -0.25) is 4.68 Å². The lowest BCUT2D eigenvalue weighted by molar-refractivity contribution is 0.492. The zero-order valence-electron chi connectivity index (χ0n) is 13.1. The van der Waals surface area contributed by atoms with Gasteiger partial charge in [-0.05, 0) is 45.7 Å². The molecule has 1 N–H and O–H groups in total. The molecule has 0 aliphatic rings. The Morgan fingerprint density at radius 3 is 2.55 bits per heavy atom. The second-order valence-corrected chi connectivity index (χ2v) is 5.60. The fraction of sp³-hybridized carbons (Fsp3) is 0.471. The van der Waals surface area contributed by atoms with E-state index in [1.807, 2.05) is 10.9 Å². The number of hydrogen-bond donors (Lipinski definition) is 1. The van der Waals surface area contributed by atoms with Crippen LogP contribution in [0.4, 0.5) is 0 Å². The molecule has 3 heteroatoms. The van der Waals surface area contributed by atoms with Crippen LogP contribution in [0.3, 0.4) is 0 Å². The molecule has 2 rings (SSSR count). The Bertz CT molecular complexity index is 571. The summed E-state index contributed by atoms with van der Waals surface area (Å²) in [6.07, 6.45) is 4.07. The van der Waals surface area contributed by atoms with Gasteiger partial charge in [0, 0.05) is 30.4 Å². The molecule has 2 atom stereocenters. The van der Waals surface area contributed by atoms with Gasteiger partial charge in [0.15, 0.2) is 0 Å². The normalized spacial score (nSPS) is 14.2. The SMILES string of the molecule is CCn1cc(C(C)NC(C)c2ccc(C)cc2C)cn1. The molecular weight excluding hydrogens is 246 g/mol. The first-order valence-electron chi connectivity index (χ1n) is 7.36. The Hall–Kier alpha value is -1.61. The average molecular weight is 271 g/mol. The van der Waals surface area contributed by atoms with E-state index >= 15 is 0 Å². The summed E-state index contributed by atoms with van der Waals surface area (Å²) in [5.74, 6) is 0.